The van der Waals surface area contributed by atoms with Gasteiger partial charge >= 0.3 is 6.18 Å². The van der Waals surface area contributed by atoms with Crippen LogP contribution >= 0.6 is 0 Å². The van der Waals surface area contributed by atoms with Gasteiger partial charge in [0.1, 0.15) is 5.76 Å². The average Bonchev–Trinajstić information content (AvgIpc) is 3.11. The Hall–Kier alpha value is -3.55. The molecular weight excluding hydrogens is 361 g/mol. The van der Waals surface area contributed by atoms with Crippen LogP contribution < -0.4 is 11.1 Å². The molecule has 2 amide bonds. The SMILES string of the molecule is NC(=O)c1cccc(NC(=O)c2ccc(-c3cccc(C(F)(F)F)c3)o2)c1. The maximum absolute atomic E-state index is 12.8. The summed E-state index contributed by atoms with van der Waals surface area (Å²) in [4.78, 5) is 23.4. The first-order valence-corrected chi connectivity index (χ1v) is 7.73. The van der Waals surface area contributed by atoms with Crippen LogP contribution in [0.3, 0.4) is 0 Å². The van der Waals surface area contributed by atoms with Gasteiger partial charge in [0.05, 0.1) is 5.56 Å². The zero-order valence-corrected chi connectivity index (χ0v) is 13.7. The normalized spacial score (nSPS) is 11.2. The summed E-state index contributed by atoms with van der Waals surface area (Å²) in [6.07, 6.45) is -4.48. The van der Waals surface area contributed by atoms with Crippen LogP contribution in [0, 0.1) is 0 Å². The van der Waals surface area contributed by atoms with E-state index in [-0.39, 0.29) is 22.6 Å². The highest BCUT2D eigenvalue weighted by Crippen LogP contribution is 2.32. The molecule has 0 radical (unpaired) electrons. The highest BCUT2D eigenvalue weighted by Gasteiger charge is 2.30. The van der Waals surface area contributed by atoms with Crippen molar-refractivity contribution in [2.24, 2.45) is 5.73 Å². The number of halogens is 3. The summed E-state index contributed by atoms with van der Waals surface area (Å²) in [7, 11) is 0. The lowest BCUT2D eigenvalue weighted by Crippen LogP contribution is -2.14. The Morgan fingerprint density at radius 1 is 0.963 bits per heavy atom. The third kappa shape index (κ3) is 4.17. The summed E-state index contributed by atoms with van der Waals surface area (Å²) >= 11 is 0. The fourth-order valence-electron chi connectivity index (χ4n) is 2.41. The monoisotopic (exact) mass is 374 g/mol. The van der Waals surface area contributed by atoms with Crippen molar-refractivity contribution in [3.8, 4) is 11.3 Å². The largest absolute Gasteiger partial charge is 0.451 e. The summed E-state index contributed by atoms with van der Waals surface area (Å²) in [5.41, 5.74) is 5.11. The van der Waals surface area contributed by atoms with E-state index in [2.05, 4.69) is 5.32 Å². The Balaban J connectivity index is 1.81. The number of hydrogen-bond acceptors (Lipinski definition) is 3. The second kappa shape index (κ2) is 6.99. The Morgan fingerprint density at radius 3 is 2.41 bits per heavy atom. The number of carbonyl (C=O) groups excluding carboxylic acids is 2. The van der Waals surface area contributed by atoms with Gasteiger partial charge in [-0.15, -0.1) is 0 Å². The predicted molar refractivity (Wildman–Crippen MR) is 92.1 cm³/mol. The molecule has 0 unspecified atom stereocenters. The molecule has 2 aromatic carbocycles. The van der Waals surface area contributed by atoms with Crippen molar-refractivity contribution in [2.75, 3.05) is 5.32 Å². The summed E-state index contributed by atoms with van der Waals surface area (Å²) in [5, 5.41) is 2.53. The molecule has 1 heterocycles. The molecule has 0 bridgehead atoms. The summed E-state index contributed by atoms with van der Waals surface area (Å²) < 4.78 is 43.8. The third-order valence-corrected chi connectivity index (χ3v) is 3.71. The van der Waals surface area contributed by atoms with Crippen LogP contribution in [0.15, 0.2) is 65.1 Å². The van der Waals surface area contributed by atoms with Crippen molar-refractivity contribution in [1.82, 2.24) is 0 Å². The number of furan rings is 1. The lowest BCUT2D eigenvalue weighted by atomic mass is 10.1. The van der Waals surface area contributed by atoms with Gasteiger partial charge in [0.25, 0.3) is 5.91 Å². The molecule has 0 aliphatic carbocycles. The number of benzene rings is 2. The van der Waals surface area contributed by atoms with Crippen molar-refractivity contribution in [1.29, 1.82) is 0 Å². The van der Waals surface area contributed by atoms with Crippen LogP contribution in [-0.2, 0) is 6.18 Å². The number of rotatable bonds is 4. The first-order chi connectivity index (χ1) is 12.7. The molecule has 3 rings (SSSR count). The van der Waals surface area contributed by atoms with Gasteiger partial charge < -0.3 is 15.5 Å². The second-order valence-electron chi connectivity index (χ2n) is 5.64. The maximum Gasteiger partial charge on any atom is 0.416 e. The molecule has 3 N–H and O–H groups in total. The molecule has 0 saturated heterocycles. The Morgan fingerprint density at radius 2 is 1.70 bits per heavy atom. The number of amides is 2. The molecule has 0 aliphatic rings. The van der Waals surface area contributed by atoms with E-state index in [1.54, 1.807) is 12.1 Å². The summed E-state index contributed by atoms with van der Waals surface area (Å²) in [5.74, 6) is -1.23. The topological polar surface area (TPSA) is 85.3 Å². The molecule has 8 heteroatoms. The molecule has 3 aromatic rings. The lowest BCUT2D eigenvalue weighted by Gasteiger charge is -2.07. The summed E-state index contributed by atoms with van der Waals surface area (Å²) in [6, 6.07) is 13.4. The zero-order chi connectivity index (χ0) is 19.6. The highest BCUT2D eigenvalue weighted by molar-refractivity contribution is 6.03. The van der Waals surface area contributed by atoms with Crippen LogP contribution in [0.2, 0.25) is 0 Å². The first-order valence-electron chi connectivity index (χ1n) is 7.73. The number of alkyl halides is 3. The van der Waals surface area contributed by atoms with Gasteiger partial charge in [-0.3, -0.25) is 9.59 Å². The highest BCUT2D eigenvalue weighted by atomic mass is 19.4. The van der Waals surface area contributed by atoms with E-state index < -0.39 is 23.6 Å². The second-order valence-corrected chi connectivity index (χ2v) is 5.64. The van der Waals surface area contributed by atoms with Gasteiger partial charge in [-0.2, -0.15) is 13.2 Å². The van der Waals surface area contributed by atoms with E-state index in [0.29, 0.717) is 5.69 Å². The number of primary amides is 1. The maximum atomic E-state index is 12.8. The fraction of sp³-hybridized carbons (Fsp3) is 0.0526. The van der Waals surface area contributed by atoms with E-state index in [4.69, 9.17) is 10.2 Å². The molecule has 5 nitrogen and oxygen atoms in total. The molecular formula is C19H13F3N2O3. The van der Waals surface area contributed by atoms with Gasteiger partial charge in [-0.1, -0.05) is 18.2 Å². The molecule has 0 aliphatic heterocycles. The van der Waals surface area contributed by atoms with Gasteiger partial charge in [0, 0.05) is 16.8 Å². The first kappa shape index (κ1) is 18.2. The minimum Gasteiger partial charge on any atom is -0.451 e. The Kier molecular flexibility index (Phi) is 4.72. The molecule has 27 heavy (non-hydrogen) atoms. The van der Waals surface area contributed by atoms with E-state index >= 15 is 0 Å². The Bertz CT molecular complexity index is 1010. The molecule has 0 spiro atoms. The number of carbonyl (C=O) groups is 2. The van der Waals surface area contributed by atoms with Gasteiger partial charge in [0.15, 0.2) is 5.76 Å². The van der Waals surface area contributed by atoms with Crippen LogP contribution in [0.25, 0.3) is 11.3 Å². The van der Waals surface area contributed by atoms with Crippen molar-refractivity contribution in [3.63, 3.8) is 0 Å². The lowest BCUT2D eigenvalue weighted by molar-refractivity contribution is -0.137. The zero-order valence-electron chi connectivity index (χ0n) is 13.7. The van der Waals surface area contributed by atoms with Crippen LogP contribution in [-0.4, -0.2) is 11.8 Å². The molecule has 0 fully saturated rings. The van der Waals surface area contributed by atoms with Crippen molar-refractivity contribution in [2.45, 2.75) is 6.18 Å². The van der Waals surface area contributed by atoms with E-state index in [9.17, 15) is 22.8 Å². The molecule has 1 aromatic heterocycles. The van der Waals surface area contributed by atoms with Crippen molar-refractivity contribution < 1.29 is 27.2 Å². The van der Waals surface area contributed by atoms with E-state index in [0.717, 1.165) is 12.1 Å². The van der Waals surface area contributed by atoms with Gasteiger partial charge in [-0.05, 0) is 42.5 Å². The van der Waals surface area contributed by atoms with Gasteiger partial charge in [-0.25, -0.2) is 0 Å². The number of nitrogens with one attached hydrogen (secondary N) is 1. The van der Waals surface area contributed by atoms with E-state index in [1.165, 1.54) is 36.4 Å². The molecule has 138 valence electrons. The summed E-state index contributed by atoms with van der Waals surface area (Å²) in [6.45, 7) is 0. The van der Waals surface area contributed by atoms with Crippen LogP contribution in [0.4, 0.5) is 18.9 Å². The number of nitrogens with two attached hydrogens (primary N) is 1. The van der Waals surface area contributed by atoms with Crippen LogP contribution in [0.5, 0.6) is 0 Å². The number of anilines is 1. The Labute approximate surface area is 151 Å². The van der Waals surface area contributed by atoms with Crippen LogP contribution in [0.1, 0.15) is 26.5 Å². The van der Waals surface area contributed by atoms with Crippen molar-refractivity contribution >= 4 is 17.5 Å². The third-order valence-electron chi connectivity index (χ3n) is 3.71. The average molecular weight is 374 g/mol. The fourth-order valence-corrected chi connectivity index (χ4v) is 2.41. The predicted octanol–water partition coefficient (Wildman–Crippen LogP) is 4.32. The molecule has 0 atom stereocenters. The minimum atomic E-state index is -4.48. The smallest absolute Gasteiger partial charge is 0.416 e. The van der Waals surface area contributed by atoms with E-state index in [1.807, 2.05) is 0 Å². The van der Waals surface area contributed by atoms with Gasteiger partial charge in [0.2, 0.25) is 5.91 Å². The molecule has 0 saturated carbocycles. The number of hydrogen-bond donors (Lipinski definition) is 2. The standard InChI is InChI=1S/C19H13F3N2O3/c20-19(21,22)13-5-1-3-11(9-13)15-7-8-16(27-15)18(26)24-14-6-2-4-12(10-14)17(23)25/h1-10H,(H2,23,25)(H,24,26). The quantitative estimate of drug-likeness (QED) is 0.713. The van der Waals surface area contributed by atoms with Crippen molar-refractivity contribution in [3.05, 3.63) is 77.6 Å². The minimum absolute atomic E-state index is 0.0908.